The number of hydrogen-bond acceptors (Lipinski definition) is 4. The molecule has 3 aromatic carbocycles. The standard InChI is InChI=1S/C29H32Cl2IN3O4S/c1-3-4-17-33-29(37)27(18-21-9-6-5-7-10-21)34(19-24-25(30)11-8-12-26(24)31)28(36)20-35(40(2,38)39)23-15-13-22(32)14-16-23/h5-16,27H,3-4,17-20H2,1-2H3,(H,33,37)/t27-/m0/s1. The highest BCUT2D eigenvalue weighted by molar-refractivity contribution is 14.1. The Morgan fingerprint density at radius 3 is 2.15 bits per heavy atom. The second-order valence-electron chi connectivity index (χ2n) is 9.32. The average molecular weight is 716 g/mol. The minimum Gasteiger partial charge on any atom is -0.354 e. The molecule has 0 saturated carbocycles. The van der Waals surface area contributed by atoms with Gasteiger partial charge >= 0.3 is 0 Å². The molecular weight excluding hydrogens is 684 g/mol. The van der Waals surface area contributed by atoms with Crippen molar-refractivity contribution in [1.29, 1.82) is 0 Å². The monoisotopic (exact) mass is 715 g/mol. The van der Waals surface area contributed by atoms with Gasteiger partial charge in [0.05, 0.1) is 11.9 Å². The number of carbonyl (C=O) groups is 2. The van der Waals surface area contributed by atoms with E-state index >= 15 is 0 Å². The van der Waals surface area contributed by atoms with E-state index in [4.69, 9.17) is 23.2 Å². The van der Waals surface area contributed by atoms with Crippen LogP contribution in [-0.4, -0.2) is 50.5 Å². The maximum absolute atomic E-state index is 14.1. The Kier molecular flexibility index (Phi) is 12.1. The molecule has 40 heavy (non-hydrogen) atoms. The summed E-state index contributed by atoms with van der Waals surface area (Å²) in [5.74, 6) is -0.902. The van der Waals surface area contributed by atoms with Crippen LogP contribution in [0.2, 0.25) is 10.0 Å². The third-order valence-corrected chi connectivity index (χ3v) is 8.85. The molecule has 0 radical (unpaired) electrons. The fourth-order valence-corrected chi connectivity index (χ4v) is 5.86. The summed E-state index contributed by atoms with van der Waals surface area (Å²) < 4.78 is 27.6. The number of hydrogen-bond donors (Lipinski definition) is 1. The van der Waals surface area contributed by atoms with Crippen molar-refractivity contribution >= 4 is 73.3 Å². The highest BCUT2D eigenvalue weighted by Crippen LogP contribution is 2.28. The number of unbranched alkanes of at least 4 members (excludes halogenated alkanes) is 1. The number of benzene rings is 3. The van der Waals surface area contributed by atoms with E-state index in [0.29, 0.717) is 27.8 Å². The first-order valence-corrected chi connectivity index (χ1v) is 16.5. The second kappa shape index (κ2) is 15.0. The number of nitrogens with zero attached hydrogens (tertiary/aromatic N) is 2. The number of sulfonamides is 1. The summed E-state index contributed by atoms with van der Waals surface area (Å²) in [6, 6.07) is 20.2. The molecule has 0 saturated heterocycles. The van der Waals surface area contributed by atoms with Gasteiger partial charge in [0.1, 0.15) is 12.6 Å². The molecule has 3 rings (SSSR count). The summed E-state index contributed by atoms with van der Waals surface area (Å²) in [6.45, 7) is 1.89. The first-order valence-electron chi connectivity index (χ1n) is 12.8. The smallest absolute Gasteiger partial charge is 0.244 e. The van der Waals surface area contributed by atoms with E-state index in [1.807, 2.05) is 37.3 Å². The van der Waals surface area contributed by atoms with Crippen molar-refractivity contribution in [3.05, 3.63) is 97.5 Å². The lowest BCUT2D eigenvalue weighted by molar-refractivity contribution is -0.140. The molecule has 0 spiro atoms. The van der Waals surface area contributed by atoms with Crippen molar-refractivity contribution < 1.29 is 18.0 Å². The molecule has 0 aliphatic rings. The van der Waals surface area contributed by atoms with Crippen molar-refractivity contribution in [2.45, 2.75) is 38.8 Å². The Labute approximate surface area is 260 Å². The summed E-state index contributed by atoms with van der Waals surface area (Å²) in [6.07, 6.45) is 2.94. The largest absolute Gasteiger partial charge is 0.354 e. The van der Waals surface area contributed by atoms with E-state index in [1.165, 1.54) is 4.90 Å². The van der Waals surface area contributed by atoms with E-state index in [-0.39, 0.29) is 18.9 Å². The third kappa shape index (κ3) is 9.09. The maximum atomic E-state index is 14.1. The van der Waals surface area contributed by atoms with Crippen molar-refractivity contribution in [2.75, 3.05) is 23.7 Å². The van der Waals surface area contributed by atoms with Crippen molar-refractivity contribution in [1.82, 2.24) is 10.2 Å². The van der Waals surface area contributed by atoms with Gasteiger partial charge in [-0.1, -0.05) is 72.9 Å². The number of rotatable bonds is 13. The number of halogens is 3. The van der Waals surface area contributed by atoms with Crippen LogP contribution in [-0.2, 0) is 32.6 Å². The molecule has 0 bridgehead atoms. The molecule has 0 heterocycles. The highest BCUT2D eigenvalue weighted by Gasteiger charge is 2.33. The predicted molar refractivity (Wildman–Crippen MR) is 170 cm³/mol. The van der Waals surface area contributed by atoms with Crippen LogP contribution in [0.3, 0.4) is 0 Å². The first kappa shape index (κ1) is 32.2. The van der Waals surface area contributed by atoms with Crippen LogP contribution >= 0.6 is 45.8 Å². The Balaban J connectivity index is 2.07. The molecule has 11 heteroatoms. The molecule has 0 unspecified atom stereocenters. The summed E-state index contributed by atoms with van der Waals surface area (Å²) >= 11 is 15.1. The van der Waals surface area contributed by atoms with E-state index in [9.17, 15) is 18.0 Å². The quantitative estimate of drug-likeness (QED) is 0.176. The lowest BCUT2D eigenvalue weighted by atomic mass is 10.0. The number of amides is 2. The number of anilines is 1. The van der Waals surface area contributed by atoms with Gasteiger partial charge in [-0.05, 0) is 71.0 Å². The maximum Gasteiger partial charge on any atom is 0.244 e. The zero-order valence-corrected chi connectivity index (χ0v) is 26.8. The van der Waals surface area contributed by atoms with Gasteiger partial charge < -0.3 is 10.2 Å². The lowest BCUT2D eigenvalue weighted by Crippen LogP contribution is -2.53. The Hall–Kier alpha value is -2.34. The molecule has 2 amide bonds. The van der Waals surface area contributed by atoms with Gasteiger partial charge in [0.25, 0.3) is 0 Å². The van der Waals surface area contributed by atoms with Crippen LogP contribution < -0.4 is 9.62 Å². The van der Waals surface area contributed by atoms with Gasteiger partial charge in [-0.3, -0.25) is 13.9 Å². The normalized spacial score (nSPS) is 12.0. The molecule has 0 aromatic heterocycles. The molecule has 1 atom stereocenters. The van der Waals surface area contributed by atoms with Gasteiger partial charge in [0.2, 0.25) is 21.8 Å². The SMILES string of the molecule is CCCCNC(=O)[C@H](Cc1ccccc1)N(Cc1c(Cl)cccc1Cl)C(=O)CN(c1ccc(I)cc1)S(C)(=O)=O. The molecule has 7 nitrogen and oxygen atoms in total. The third-order valence-electron chi connectivity index (χ3n) is 6.28. The fourth-order valence-electron chi connectivity index (χ4n) is 4.13. The average Bonchev–Trinajstić information content (AvgIpc) is 2.91. The van der Waals surface area contributed by atoms with Gasteiger partial charge in [-0.15, -0.1) is 0 Å². The number of carbonyl (C=O) groups excluding carboxylic acids is 2. The topological polar surface area (TPSA) is 86.8 Å². The Bertz CT molecular complexity index is 1390. The van der Waals surface area contributed by atoms with Crippen LogP contribution in [0.5, 0.6) is 0 Å². The molecule has 3 aromatic rings. The highest BCUT2D eigenvalue weighted by atomic mass is 127. The van der Waals surface area contributed by atoms with Crippen LogP contribution in [0, 0.1) is 3.57 Å². The van der Waals surface area contributed by atoms with E-state index in [1.54, 1.807) is 42.5 Å². The van der Waals surface area contributed by atoms with Crippen molar-refractivity contribution in [2.24, 2.45) is 0 Å². The molecule has 0 aliphatic heterocycles. The van der Waals surface area contributed by atoms with Crippen molar-refractivity contribution in [3.8, 4) is 0 Å². The van der Waals surface area contributed by atoms with Gasteiger partial charge in [-0.25, -0.2) is 8.42 Å². The predicted octanol–water partition coefficient (Wildman–Crippen LogP) is 5.92. The molecular formula is C29H32Cl2IN3O4S. The van der Waals surface area contributed by atoms with Gasteiger partial charge in [0.15, 0.2) is 0 Å². The van der Waals surface area contributed by atoms with Crippen LogP contribution in [0.25, 0.3) is 0 Å². The van der Waals surface area contributed by atoms with Crippen LogP contribution in [0.1, 0.15) is 30.9 Å². The first-order chi connectivity index (χ1) is 19.0. The van der Waals surface area contributed by atoms with Crippen LogP contribution in [0.4, 0.5) is 5.69 Å². The molecule has 0 fully saturated rings. The van der Waals surface area contributed by atoms with Gasteiger partial charge in [-0.2, -0.15) is 0 Å². The number of nitrogens with one attached hydrogen (secondary N) is 1. The zero-order valence-electron chi connectivity index (χ0n) is 22.3. The molecule has 0 aliphatic carbocycles. The summed E-state index contributed by atoms with van der Waals surface area (Å²) in [5, 5.41) is 3.63. The molecule has 1 N–H and O–H groups in total. The van der Waals surface area contributed by atoms with E-state index < -0.39 is 28.5 Å². The Morgan fingerprint density at radius 2 is 1.57 bits per heavy atom. The van der Waals surface area contributed by atoms with E-state index in [2.05, 4.69) is 27.9 Å². The minimum absolute atomic E-state index is 0.0830. The second-order valence-corrected chi connectivity index (χ2v) is 13.3. The zero-order chi connectivity index (χ0) is 29.3. The van der Waals surface area contributed by atoms with E-state index in [0.717, 1.165) is 32.5 Å². The fraction of sp³-hybridized carbons (Fsp3) is 0.310. The lowest BCUT2D eigenvalue weighted by Gasteiger charge is -2.34. The summed E-state index contributed by atoms with van der Waals surface area (Å²) in [5.41, 5.74) is 1.66. The Morgan fingerprint density at radius 1 is 0.950 bits per heavy atom. The summed E-state index contributed by atoms with van der Waals surface area (Å²) in [4.78, 5) is 29.1. The van der Waals surface area contributed by atoms with Gasteiger partial charge in [0, 0.05) is 38.7 Å². The molecule has 214 valence electrons. The summed E-state index contributed by atoms with van der Waals surface area (Å²) in [7, 11) is -3.84. The minimum atomic E-state index is -3.84. The van der Waals surface area contributed by atoms with Crippen LogP contribution in [0.15, 0.2) is 72.8 Å². The van der Waals surface area contributed by atoms with Crippen molar-refractivity contribution in [3.63, 3.8) is 0 Å².